The lowest BCUT2D eigenvalue weighted by Gasteiger charge is -2.02. The van der Waals surface area contributed by atoms with Crippen molar-refractivity contribution >= 4 is 17.7 Å². The van der Waals surface area contributed by atoms with Crippen LogP contribution in [-0.4, -0.2) is 41.9 Å². The van der Waals surface area contributed by atoms with Crippen molar-refractivity contribution in [2.24, 2.45) is 0 Å². The molecule has 0 aliphatic carbocycles. The van der Waals surface area contributed by atoms with Crippen LogP contribution in [0.1, 0.15) is 0 Å². The van der Waals surface area contributed by atoms with Crippen molar-refractivity contribution < 1.29 is 9.53 Å². The number of hydrogen-bond acceptors (Lipinski definition) is 4. The van der Waals surface area contributed by atoms with Gasteiger partial charge in [-0.1, -0.05) is 11.8 Å². The van der Waals surface area contributed by atoms with E-state index in [1.54, 1.807) is 19.5 Å². The van der Waals surface area contributed by atoms with Gasteiger partial charge in [0.05, 0.1) is 12.4 Å². The van der Waals surface area contributed by atoms with Gasteiger partial charge in [0.25, 0.3) is 0 Å². The first kappa shape index (κ1) is 11.1. The quantitative estimate of drug-likeness (QED) is 0.528. The van der Waals surface area contributed by atoms with Crippen molar-refractivity contribution in [1.82, 2.24) is 15.3 Å². The summed E-state index contributed by atoms with van der Waals surface area (Å²) in [5.41, 5.74) is 0. The molecule has 1 aromatic rings. The number of aromatic nitrogens is 2. The van der Waals surface area contributed by atoms with Crippen LogP contribution in [0.3, 0.4) is 0 Å². The maximum Gasteiger partial charge on any atom is 0.230 e. The van der Waals surface area contributed by atoms with Crippen LogP contribution in [-0.2, 0) is 9.53 Å². The minimum atomic E-state index is -0.0107. The van der Waals surface area contributed by atoms with Gasteiger partial charge in [-0.15, -0.1) is 0 Å². The monoisotopic (exact) mass is 215 g/mol. The van der Waals surface area contributed by atoms with Crippen LogP contribution >= 0.6 is 11.8 Å². The fraction of sp³-hybridized carbons (Fsp3) is 0.500. The Labute approximate surface area is 86.6 Å². The van der Waals surface area contributed by atoms with Gasteiger partial charge in [-0.2, -0.15) is 0 Å². The molecule has 0 aromatic carbocycles. The van der Waals surface area contributed by atoms with E-state index in [1.807, 2.05) is 0 Å². The Morgan fingerprint density at radius 1 is 1.79 bits per heavy atom. The highest BCUT2D eigenvalue weighted by molar-refractivity contribution is 7.99. The van der Waals surface area contributed by atoms with Crippen molar-refractivity contribution in [1.29, 1.82) is 0 Å². The molecule has 0 bridgehead atoms. The normalized spacial score (nSPS) is 10.1. The van der Waals surface area contributed by atoms with E-state index in [9.17, 15) is 4.79 Å². The zero-order chi connectivity index (χ0) is 10.2. The van der Waals surface area contributed by atoms with Crippen molar-refractivity contribution in [2.45, 2.75) is 5.16 Å². The molecule has 0 saturated carbocycles. The van der Waals surface area contributed by atoms with E-state index in [4.69, 9.17) is 4.74 Å². The van der Waals surface area contributed by atoms with Gasteiger partial charge in [-0.25, -0.2) is 4.98 Å². The van der Waals surface area contributed by atoms with Crippen molar-refractivity contribution in [3.63, 3.8) is 0 Å². The number of thioether (sulfide) groups is 1. The highest BCUT2D eigenvalue weighted by atomic mass is 32.2. The van der Waals surface area contributed by atoms with E-state index < -0.39 is 0 Å². The number of imidazole rings is 1. The average Bonchev–Trinajstić information content (AvgIpc) is 2.68. The maximum absolute atomic E-state index is 11.2. The molecule has 0 spiro atoms. The number of H-pyrrole nitrogens is 1. The van der Waals surface area contributed by atoms with Crippen LogP contribution in [0.15, 0.2) is 17.6 Å². The van der Waals surface area contributed by atoms with Gasteiger partial charge in [0.2, 0.25) is 5.91 Å². The molecule has 1 amide bonds. The standard InChI is InChI=1S/C8H13N3O2S/c1-13-5-4-9-7(12)6-14-8-10-2-3-11-8/h2-3H,4-6H2,1H3,(H,9,12)(H,10,11). The molecule has 0 aliphatic rings. The van der Waals surface area contributed by atoms with E-state index in [0.717, 1.165) is 5.16 Å². The van der Waals surface area contributed by atoms with Crippen molar-refractivity contribution in [2.75, 3.05) is 26.0 Å². The summed E-state index contributed by atoms with van der Waals surface area (Å²) < 4.78 is 4.80. The molecule has 0 fully saturated rings. The summed E-state index contributed by atoms with van der Waals surface area (Å²) in [4.78, 5) is 18.1. The van der Waals surface area contributed by atoms with E-state index in [-0.39, 0.29) is 5.91 Å². The molecule has 0 atom stereocenters. The summed E-state index contributed by atoms with van der Waals surface area (Å²) in [6.45, 7) is 1.09. The summed E-state index contributed by atoms with van der Waals surface area (Å²) >= 11 is 1.37. The van der Waals surface area contributed by atoms with Gasteiger partial charge in [0.15, 0.2) is 5.16 Å². The molecule has 0 radical (unpaired) electrons. The largest absolute Gasteiger partial charge is 0.383 e. The fourth-order valence-corrected chi connectivity index (χ4v) is 1.46. The molecule has 6 heteroatoms. The second kappa shape index (κ2) is 6.44. The zero-order valence-corrected chi connectivity index (χ0v) is 8.76. The Morgan fingerprint density at radius 3 is 3.29 bits per heavy atom. The SMILES string of the molecule is COCCNC(=O)CSc1ncc[nH]1. The molecule has 0 saturated heterocycles. The first-order valence-corrected chi connectivity index (χ1v) is 5.19. The summed E-state index contributed by atoms with van der Waals surface area (Å²) in [5, 5.41) is 3.48. The summed E-state index contributed by atoms with van der Waals surface area (Å²) in [6.07, 6.45) is 3.39. The Hall–Kier alpha value is -1.01. The van der Waals surface area contributed by atoms with Crippen LogP contribution in [0.4, 0.5) is 0 Å². The van der Waals surface area contributed by atoms with Gasteiger partial charge in [0, 0.05) is 26.0 Å². The van der Waals surface area contributed by atoms with Gasteiger partial charge < -0.3 is 15.0 Å². The minimum Gasteiger partial charge on any atom is -0.383 e. The summed E-state index contributed by atoms with van der Waals surface area (Å²) in [5.74, 6) is 0.362. The topological polar surface area (TPSA) is 67.0 Å². The zero-order valence-electron chi connectivity index (χ0n) is 7.95. The van der Waals surface area contributed by atoms with Crippen molar-refractivity contribution in [3.8, 4) is 0 Å². The molecule has 14 heavy (non-hydrogen) atoms. The first-order valence-electron chi connectivity index (χ1n) is 4.20. The number of hydrogen-bond donors (Lipinski definition) is 2. The predicted octanol–water partition coefficient (Wildman–Crippen LogP) is 0.264. The number of carbonyl (C=O) groups is 1. The number of ether oxygens (including phenoxy) is 1. The van der Waals surface area contributed by atoms with Crippen LogP contribution in [0, 0.1) is 0 Å². The third kappa shape index (κ3) is 4.29. The highest BCUT2D eigenvalue weighted by Gasteiger charge is 2.02. The van der Waals surface area contributed by atoms with Gasteiger partial charge >= 0.3 is 0 Å². The number of amides is 1. The van der Waals surface area contributed by atoms with E-state index in [1.165, 1.54) is 11.8 Å². The lowest BCUT2D eigenvalue weighted by molar-refractivity contribution is -0.118. The number of methoxy groups -OCH3 is 1. The van der Waals surface area contributed by atoms with Gasteiger partial charge in [-0.3, -0.25) is 4.79 Å². The molecular formula is C8H13N3O2S. The van der Waals surface area contributed by atoms with Gasteiger partial charge in [0.1, 0.15) is 0 Å². The molecule has 0 aliphatic heterocycles. The minimum absolute atomic E-state index is 0.0107. The number of nitrogens with one attached hydrogen (secondary N) is 2. The van der Waals surface area contributed by atoms with Crippen LogP contribution in [0.2, 0.25) is 0 Å². The van der Waals surface area contributed by atoms with Crippen LogP contribution in [0.5, 0.6) is 0 Å². The average molecular weight is 215 g/mol. The molecule has 78 valence electrons. The molecule has 1 rings (SSSR count). The molecule has 1 heterocycles. The number of rotatable bonds is 6. The highest BCUT2D eigenvalue weighted by Crippen LogP contribution is 2.10. The Morgan fingerprint density at radius 2 is 2.64 bits per heavy atom. The number of carbonyl (C=O) groups excluding carboxylic acids is 1. The molecule has 0 unspecified atom stereocenters. The summed E-state index contributed by atoms with van der Waals surface area (Å²) in [7, 11) is 1.60. The maximum atomic E-state index is 11.2. The van der Waals surface area contributed by atoms with E-state index >= 15 is 0 Å². The van der Waals surface area contributed by atoms with E-state index in [2.05, 4.69) is 15.3 Å². The number of nitrogens with zero attached hydrogens (tertiary/aromatic N) is 1. The van der Waals surface area contributed by atoms with Crippen molar-refractivity contribution in [3.05, 3.63) is 12.4 Å². The Balaban J connectivity index is 2.09. The molecule has 2 N–H and O–H groups in total. The predicted molar refractivity (Wildman–Crippen MR) is 54.2 cm³/mol. The second-order valence-corrected chi connectivity index (χ2v) is 3.49. The fourth-order valence-electron chi connectivity index (χ4n) is 0.807. The van der Waals surface area contributed by atoms with E-state index in [0.29, 0.717) is 18.9 Å². The molecular weight excluding hydrogens is 202 g/mol. The third-order valence-corrected chi connectivity index (χ3v) is 2.34. The van der Waals surface area contributed by atoms with Crippen LogP contribution < -0.4 is 5.32 Å². The number of aromatic amines is 1. The Kier molecular flexibility index (Phi) is 5.09. The molecule has 5 nitrogen and oxygen atoms in total. The first-order chi connectivity index (χ1) is 6.83. The lowest BCUT2D eigenvalue weighted by atomic mass is 10.6. The van der Waals surface area contributed by atoms with Gasteiger partial charge in [-0.05, 0) is 0 Å². The summed E-state index contributed by atoms with van der Waals surface area (Å²) in [6, 6.07) is 0. The lowest BCUT2D eigenvalue weighted by Crippen LogP contribution is -2.28. The Bertz CT molecular complexity index is 264. The third-order valence-electron chi connectivity index (χ3n) is 1.44. The van der Waals surface area contributed by atoms with Crippen LogP contribution in [0.25, 0.3) is 0 Å². The molecule has 1 aromatic heterocycles. The smallest absolute Gasteiger partial charge is 0.230 e. The second-order valence-electron chi connectivity index (χ2n) is 2.53.